The number of hydrogen-bond acceptors (Lipinski definition) is 4. The second-order valence-electron chi connectivity index (χ2n) is 4.74. The van der Waals surface area contributed by atoms with E-state index in [-0.39, 0.29) is 30.5 Å². The van der Waals surface area contributed by atoms with E-state index in [1.165, 1.54) is 11.0 Å². The van der Waals surface area contributed by atoms with Crippen molar-refractivity contribution in [2.24, 2.45) is 11.0 Å². The molecule has 0 N–H and O–H groups in total. The van der Waals surface area contributed by atoms with Gasteiger partial charge in [0.1, 0.15) is 5.69 Å². The highest BCUT2D eigenvalue weighted by atomic mass is 16.6. The number of anilines is 1. The van der Waals surface area contributed by atoms with Crippen LogP contribution in [-0.4, -0.2) is 23.9 Å². The zero-order chi connectivity index (χ0) is 14.7. The number of nitrogens with zero attached hydrogens (tertiary/aromatic N) is 5. The number of hydrogen-bond donors (Lipinski definition) is 0. The van der Waals surface area contributed by atoms with Gasteiger partial charge in [0.25, 0.3) is 5.69 Å². The predicted octanol–water partition coefficient (Wildman–Crippen LogP) is 2.57. The molecule has 8 nitrogen and oxygen atoms in total. The first-order chi connectivity index (χ1) is 9.52. The first-order valence-electron chi connectivity index (χ1n) is 6.09. The molecule has 1 atom stereocenters. The quantitative estimate of drug-likeness (QED) is 0.276. The molecule has 1 fully saturated rings. The molecule has 1 saturated heterocycles. The average Bonchev–Trinajstić information content (AvgIpc) is 2.77. The van der Waals surface area contributed by atoms with Crippen molar-refractivity contribution < 1.29 is 9.72 Å². The summed E-state index contributed by atoms with van der Waals surface area (Å²) < 4.78 is 0. The molecule has 20 heavy (non-hydrogen) atoms. The fourth-order valence-electron chi connectivity index (χ4n) is 2.29. The Morgan fingerprint density at radius 1 is 1.60 bits per heavy atom. The monoisotopic (exact) mass is 275 g/mol. The van der Waals surface area contributed by atoms with Crippen molar-refractivity contribution in [1.29, 1.82) is 0 Å². The normalized spacial score (nSPS) is 17.9. The molecule has 1 heterocycles. The molecule has 1 aromatic rings. The molecule has 1 aliphatic rings. The van der Waals surface area contributed by atoms with Gasteiger partial charge in [-0.3, -0.25) is 14.9 Å². The fraction of sp³-hybridized carbons (Fsp3) is 0.417. The lowest BCUT2D eigenvalue weighted by Gasteiger charge is -2.17. The standard InChI is InChI=1S/C12H13N5O3/c1-8-2-3-10(17(19)20)11(4-8)16-7-9(5-12(16)18)6-14-15-13/h2-4,9H,5-7H2,1H3. The summed E-state index contributed by atoms with van der Waals surface area (Å²) in [6.07, 6.45) is 0.240. The van der Waals surface area contributed by atoms with Crippen LogP contribution in [0.4, 0.5) is 11.4 Å². The number of nitro groups is 1. The molecule has 2 rings (SSSR count). The number of amides is 1. The van der Waals surface area contributed by atoms with Crippen molar-refractivity contribution in [3.05, 3.63) is 44.3 Å². The van der Waals surface area contributed by atoms with E-state index in [4.69, 9.17) is 5.53 Å². The Bertz CT molecular complexity index is 609. The molecule has 104 valence electrons. The van der Waals surface area contributed by atoms with Gasteiger partial charge in [0, 0.05) is 30.5 Å². The Labute approximate surface area is 114 Å². The molecule has 0 saturated carbocycles. The molecule has 0 bridgehead atoms. The minimum atomic E-state index is -0.497. The van der Waals surface area contributed by atoms with Crippen LogP contribution in [0.2, 0.25) is 0 Å². The lowest BCUT2D eigenvalue weighted by atomic mass is 10.1. The van der Waals surface area contributed by atoms with E-state index in [1.54, 1.807) is 12.1 Å². The third-order valence-corrected chi connectivity index (χ3v) is 3.23. The van der Waals surface area contributed by atoms with Gasteiger partial charge >= 0.3 is 0 Å². The summed E-state index contributed by atoms with van der Waals surface area (Å²) in [5.74, 6) is -0.282. The number of nitro benzene ring substituents is 1. The molecule has 1 unspecified atom stereocenters. The van der Waals surface area contributed by atoms with E-state index >= 15 is 0 Å². The van der Waals surface area contributed by atoms with E-state index in [0.717, 1.165) is 5.56 Å². The summed E-state index contributed by atoms with van der Waals surface area (Å²) in [6.45, 7) is 2.37. The summed E-state index contributed by atoms with van der Waals surface area (Å²) >= 11 is 0. The topological polar surface area (TPSA) is 112 Å². The Kier molecular flexibility index (Phi) is 3.86. The second kappa shape index (κ2) is 5.58. The Morgan fingerprint density at radius 2 is 2.35 bits per heavy atom. The SMILES string of the molecule is Cc1ccc([N+](=O)[O-])c(N2CC(CN=[N+]=[N-])CC2=O)c1. The molecule has 0 spiro atoms. The smallest absolute Gasteiger partial charge is 0.292 e. The lowest BCUT2D eigenvalue weighted by molar-refractivity contribution is -0.384. The van der Waals surface area contributed by atoms with Crippen molar-refractivity contribution in [2.75, 3.05) is 18.0 Å². The number of azide groups is 1. The van der Waals surface area contributed by atoms with Crippen molar-refractivity contribution in [2.45, 2.75) is 13.3 Å². The average molecular weight is 275 g/mol. The maximum absolute atomic E-state index is 12.0. The highest BCUT2D eigenvalue weighted by molar-refractivity contribution is 5.98. The highest BCUT2D eigenvalue weighted by Crippen LogP contribution is 2.33. The lowest BCUT2D eigenvalue weighted by Crippen LogP contribution is -2.25. The molecule has 1 aliphatic heterocycles. The Balaban J connectivity index is 2.32. The van der Waals surface area contributed by atoms with Crippen LogP contribution in [0.1, 0.15) is 12.0 Å². The number of aryl methyl sites for hydroxylation is 1. The molecule has 0 radical (unpaired) electrons. The largest absolute Gasteiger partial charge is 0.306 e. The van der Waals surface area contributed by atoms with Crippen LogP contribution >= 0.6 is 0 Å². The molecular formula is C12H13N5O3. The highest BCUT2D eigenvalue weighted by Gasteiger charge is 2.33. The third-order valence-electron chi connectivity index (χ3n) is 3.23. The Morgan fingerprint density at radius 3 is 3.00 bits per heavy atom. The van der Waals surface area contributed by atoms with Gasteiger partial charge in [0.15, 0.2) is 0 Å². The van der Waals surface area contributed by atoms with Crippen LogP contribution < -0.4 is 4.90 Å². The molecule has 1 amide bonds. The van der Waals surface area contributed by atoms with Gasteiger partial charge in [-0.05, 0) is 30.0 Å². The van der Waals surface area contributed by atoms with Gasteiger partial charge in [-0.2, -0.15) is 0 Å². The summed E-state index contributed by atoms with van der Waals surface area (Å²) in [7, 11) is 0. The summed E-state index contributed by atoms with van der Waals surface area (Å²) in [4.78, 5) is 26.6. The number of carbonyl (C=O) groups is 1. The fourth-order valence-corrected chi connectivity index (χ4v) is 2.29. The van der Waals surface area contributed by atoms with Crippen LogP contribution in [0.25, 0.3) is 10.4 Å². The van der Waals surface area contributed by atoms with Crippen molar-refractivity contribution >= 4 is 17.3 Å². The molecule has 1 aromatic carbocycles. The zero-order valence-electron chi connectivity index (χ0n) is 10.9. The van der Waals surface area contributed by atoms with Crippen molar-refractivity contribution in [3.63, 3.8) is 0 Å². The number of rotatable bonds is 4. The van der Waals surface area contributed by atoms with E-state index in [2.05, 4.69) is 10.0 Å². The van der Waals surface area contributed by atoms with Crippen LogP contribution in [0.5, 0.6) is 0 Å². The van der Waals surface area contributed by atoms with Gasteiger partial charge in [-0.1, -0.05) is 11.2 Å². The van der Waals surface area contributed by atoms with Crippen molar-refractivity contribution in [1.82, 2.24) is 0 Å². The minimum Gasteiger partial charge on any atom is -0.306 e. The summed E-state index contributed by atoms with van der Waals surface area (Å²) in [6, 6.07) is 4.67. The van der Waals surface area contributed by atoms with Crippen molar-refractivity contribution in [3.8, 4) is 0 Å². The number of carbonyl (C=O) groups excluding carboxylic acids is 1. The zero-order valence-corrected chi connectivity index (χ0v) is 10.9. The van der Waals surface area contributed by atoms with Gasteiger partial charge < -0.3 is 4.90 Å². The maximum Gasteiger partial charge on any atom is 0.292 e. The van der Waals surface area contributed by atoms with Gasteiger partial charge in [0.05, 0.1) is 4.92 Å². The second-order valence-corrected chi connectivity index (χ2v) is 4.74. The number of benzene rings is 1. The van der Waals surface area contributed by atoms with Crippen LogP contribution in [-0.2, 0) is 4.79 Å². The summed E-state index contributed by atoms with van der Waals surface area (Å²) in [5, 5.41) is 14.5. The molecule has 8 heteroatoms. The third kappa shape index (κ3) is 2.70. The van der Waals surface area contributed by atoms with E-state index < -0.39 is 4.92 Å². The first-order valence-corrected chi connectivity index (χ1v) is 6.09. The van der Waals surface area contributed by atoms with Crippen LogP contribution in [0.3, 0.4) is 0 Å². The van der Waals surface area contributed by atoms with E-state index in [1.807, 2.05) is 6.92 Å². The van der Waals surface area contributed by atoms with Gasteiger partial charge in [-0.15, -0.1) is 0 Å². The minimum absolute atomic E-state index is 0.0895. The molecule has 0 aromatic heterocycles. The van der Waals surface area contributed by atoms with E-state index in [9.17, 15) is 14.9 Å². The van der Waals surface area contributed by atoms with Crippen LogP contribution in [0, 0.1) is 23.0 Å². The first kappa shape index (κ1) is 13.8. The summed E-state index contributed by atoms with van der Waals surface area (Å²) in [5.41, 5.74) is 9.36. The Hall–Kier alpha value is -2.60. The molecular weight excluding hydrogens is 262 g/mol. The van der Waals surface area contributed by atoms with Gasteiger partial charge in [0.2, 0.25) is 5.91 Å². The molecule has 0 aliphatic carbocycles. The maximum atomic E-state index is 12.0. The van der Waals surface area contributed by atoms with Gasteiger partial charge in [-0.25, -0.2) is 0 Å². The van der Waals surface area contributed by atoms with E-state index in [0.29, 0.717) is 12.2 Å². The predicted molar refractivity (Wildman–Crippen MR) is 72.3 cm³/mol. The van der Waals surface area contributed by atoms with Crippen LogP contribution in [0.15, 0.2) is 23.3 Å².